The molecule has 0 aliphatic carbocycles. The fourth-order valence-corrected chi connectivity index (χ4v) is 4.51. The smallest absolute Gasteiger partial charge is 0.223 e. The Kier molecular flexibility index (Phi) is 4.56. The van der Waals surface area contributed by atoms with Gasteiger partial charge in [-0.05, 0) is 64.7 Å². The highest BCUT2D eigenvalue weighted by molar-refractivity contribution is 9.10. The molecule has 1 N–H and O–H groups in total. The van der Waals surface area contributed by atoms with Crippen molar-refractivity contribution in [3.8, 4) is 17.2 Å². The highest BCUT2D eigenvalue weighted by atomic mass is 79.9. The topological polar surface area (TPSA) is 62.6 Å². The molecule has 8 heteroatoms. The van der Waals surface area contributed by atoms with Crippen LogP contribution >= 0.6 is 27.5 Å². The van der Waals surface area contributed by atoms with Crippen molar-refractivity contribution in [2.45, 2.75) is 19.3 Å². The van der Waals surface area contributed by atoms with E-state index in [4.69, 9.17) is 11.6 Å². The van der Waals surface area contributed by atoms with Gasteiger partial charge in [0.05, 0.1) is 16.2 Å². The SMILES string of the molecule is Clc1cc2c(N3CCCCC3)c(-c3nn[nH]n3)n(-c3ccccc3)c2cc1Br. The standard InChI is InChI=1S/C20H18BrClN6/c21-15-12-17-14(11-16(15)22)18(27-9-5-2-6-10-27)19(20-23-25-26-24-20)28(17)13-7-3-1-4-8-13/h1,3-4,7-8,11-12H,2,5-6,9-10H2,(H,23,24,25,26). The third-order valence-corrected chi connectivity index (χ3v) is 6.42. The Balaban J connectivity index is 1.90. The summed E-state index contributed by atoms with van der Waals surface area (Å²) in [6.45, 7) is 2.01. The number of hydrogen-bond donors (Lipinski definition) is 1. The molecular formula is C20H18BrClN6. The lowest BCUT2D eigenvalue weighted by Crippen LogP contribution is -2.29. The summed E-state index contributed by atoms with van der Waals surface area (Å²) in [5.41, 5.74) is 4.16. The van der Waals surface area contributed by atoms with Crippen molar-refractivity contribution >= 4 is 44.1 Å². The molecule has 1 saturated heterocycles. The number of H-pyrrole nitrogens is 1. The zero-order valence-electron chi connectivity index (χ0n) is 15.1. The Hall–Kier alpha value is -2.38. The average Bonchev–Trinajstić information content (AvgIpc) is 3.36. The zero-order valence-corrected chi connectivity index (χ0v) is 17.4. The minimum absolute atomic E-state index is 0.577. The van der Waals surface area contributed by atoms with Gasteiger partial charge < -0.3 is 9.47 Å². The number of piperidine rings is 1. The number of halogens is 2. The maximum atomic E-state index is 6.51. The molecule has 0 atom stereocenters. The zero-order chi connectivity index (χ0) is 19.1. The van der Waals surface area contributed by atoms with Crippen molar-refractivity contribution in [3.05, 3.63) is 52.0 Å². The van der Waals surface area contributed by atoms with E-state index in [2.05, 4.69) is 64.2 Å². The first-order chi connectivity index (χ1) is 13.7. The van der Waals surface area contributed by atoms with Gasteiger partial charge in [-0.3, -0.25) is 0 Å². The summed E-state index contributed by atoms with van der Waals surface area (Å²) >= 11 is 10.1. The van der Waals surface area contributed by atoms with Gasteiger partial charge in [0.15, 0.2) is 0 Å². The Morgan fingerprint density at radius 3 is 2.54 bits per heavy atom. The molecule has 1 aliphatic rings. The number of aromatic amines is 1. The number of hydrogen-bond acceptors (Lipinski definition) is 4. The van der Waals surface area contributed by atoms with Gasteiger partial charge in [-0.2, -0.15) is 5.21 Å². The van der Waals surface area contributed by atoms with Gasteiger partial charge in [-0.15, -0.1) is 10.2 Å². The number of aromatic nitrogens is 5. The van der Waals surface area contributed by atoms with E-state index in [-0.39, 0.29) is 0 Å². The fourth-order valence-electron chi connectivity index (χ4n) is 4.02. The number of fused-ring (bicyclic) bond motifs is 1. The summed E-state index contributed by atoms with van der Waals surface area (Å²) in [7, 11) is 0. The van der Waals surface area contributed by atoms with Crippen molar-refractivity contribution < 1.29 is 0 Å². The lowest BCUT2D eigenvalue weighted by Gasteiger charge is -2.29. The number of anilines is 1. The summed E-state index contributed by atoms with van der Waals surface area (Å²) in [6.07, 6.45) is 3.61. The van der Waals surface area contributed by atoms with Crippen LogP contribution in [0.2, 0.25) is 5.02 Å². The van der Waals surface area contributed by atoms with Crippen LogP contribution in [0.4, 0.5) is 5.69 Å². The van der Waals surface area contributed by atoms with Gasteiger partial charge in [0, 0.05) is 28.6 Å². The largest absolute Gasteiger partial charge is 0.369 e. The maximum absolute atomic E-state index is 6.51. The minimum atomic E-state index is 0.577. The third kappa shape index (κ3) is 2.89. The molecule has 6 nitrogen and oxygen atoms in total. The third-order valence-electron chi connectivity index (χ3n) is 5.23. The second-order valence-electron chi connectivity index (χ2n) is 6.93. The molecule has 0 amide bonds. The molecule has 1 aliphatic heterocycles. The molecule has 3 heterocycles. The molecular weight excluding hydrogens is 440 g/mol. The van der Waals surface area contributed by atoms with Crippen LogP contribution < -0.4 is 4.90 Å². The monoisotopic (exact) mass is 456 g/mol. The molecule has 28 heavy (non-hydrogen) atoms. The average molecular weight is 458 g/mol. The van der Waals surface area contributed by atoms with E-state index in [0.29, 0.717) is 10.8 Å². The first kappa shape index (κ1) is 17.7. The van der Waals surface area contributed by atoms with Crippen LogP contribution in [0.15, 0.2) is 46.9 Å². The number of rotatable bonds is 3. The molecule has 4 aromatic rings. The predicted octanol–water partition coefficient (Wildman–Crippen LogP) is 5.22. The lowest BCUT2D eigenvalue weighted by atomic mass is 10.1. The van der Waals surface area contributed by atoms with Gasteiger partial charge in [0.2, 0.25) is 5.82 Å². The van der Waals surface area contributed by atoms with Gasteiger partial charge in [0.25, 0.3) is 0 Å². The Morgan fingerprint density at radius 2 is 1.82 bits per heavy atom. The maximum Gasteiger partial charge on any atom is 0.223 e. The minimum Gasteiger partial charge on any atom is -0.369 e. The summed E-state index contributed by atoms with van der Waals surface area (Å²) in [5.74, 6) is 0.577. The summed E-state index contributed by atoms with van der Waals surface area (Å²) in [6, 6.07) is 14.4. The van der Waals surface area contributed by atoms with Gasteiger partial charge in [-0.25, -0.2) is 0 Å². The van der Waals surface area contributed by atoms with Crippen molar-refractivity contribution in [2.75, 3.05) is 18.0 Å². The van der Waals surface area contributed by atoms with E-state index < -0.39 is 0 Å². The molecule has 0 saturated carbocycles. The van der Waals surface area contributed by atoms with E-state index in [1.54, 1.807) is 0 Å². The summed E-state index contributed by atoms with van der Waals surface area (Å²) < 4.78 is 3.06. The second kappa shape index (κ2) is 7.22. The van der Waals surface area contributed by atoms with Crippen LogP contribution in [0, 0.1) is 0 Å². The van der Waals surface area contributed by atoms with E-state index in [1.165, 1.54) is 19.3 Å². The molecule has 0 radical (unpaired) electrons. The van der Waals surface area contributed by atoms with Crippen LogP contribution in [-0.4, -0.2) is 38.3 Å². The first-order valence-corrected chi connectivity index (χ1v) is 10.5. The molecule has 2 aromatic heterocycles. The van der Waals surface area contributed by atoms with E-state index in [9.17, 15) is 0 Å². The van der Waals surface area contributed by atoms with Crippen LogP contribution in [0.3, 0.4) is 0 Å². The van der Waals surface area contributed by atoms with Crippen LogP contribution in [-0.2, 0) is 0 Å². The van der Waals surface area contributed by atoms with Crippen molar-refractivity contribution in [1.82, 2.24) is 25.2 Å². The molecule has 142 valence electrons. The molecule has 5 rings (SSSR count). The highest BCUT2D eigenvalue weighted by Crippen LogP contribution is 2.44. The van der Waals surface area contributed by atoms with Gasteiger partial charge >= 0.3 is 0 Å². The Bertz CT molecular complexity index is 1120. The fraction of sp³-hybridized carbons (Fsp3) is 0.250. The van der Waals surface area contributed by atoms with Gasteiger partial charge in [-0.1, -0.05) is 29.8 Å². The highest BCUT2D eigenvalue weighted by Gasteiger charge is 2.28. The lowest BCUT2D eigenvalue weighted by molar-refractivity contribution is 0.579. The quantitative estimate of drug-likeness (QED) is 0.458. The van der Waals surface area contributed by atoms with Crippen LogP contribution in [0.1, 0.15) is 19.3 Å². The van der Waals surface area contributed by atoms with E-state index in [1.807, 2.05) is 24.3 Å². The Morgan fingerprint density at radius 1 is 1.04 bits per heavy atom. The van der Waals surface area contributed by atoms with E-state index in [0.717, 1.165) is 45.5 Å². The normalized spacial score (nSPS) is 14.7. The van der Waals surface area contributed by atoms with Gasteiger partial charge in [0.1, 0.15) is 5.69 Å². The number of nitrogens with zero attached hydrogens (tertiary/aromatic N) is 5. The van der Waals surface area contributed by atoms with Crippen molar-refractivity contribution in [2.24, 2.45) is 0 Å². The summed E-state index contributed by atoms with van der Waals surface area (Å²) in [5, 5.41) is 16.9. The molecule has 1 fully saturated rings. The van der Waals surface area contributed by atoms with Crippen LogP contribution in [0.25, 0.3) is 28.1 Å². The van der Waals surface area contributed by atoms with Crippen molar-refractivity contribution in [3.63, 3.8) is 0 Å². The molecule has 0 unspecified atom stereocenters. The molecule has 2 aromatic carbocycles. The van der Waals surface area contributed by atoms with Crippen LogP contribution in [0.5, 0.6) is 0 Å². The van der Waals surface area contributed by atoms with Crippen molar-refractivity contribution in [1.29, 1.82) is 0 Å². The molecule has 0 spiro atoms. The predicted molar refractivity (Wildman–Crippen MR) is 115 cm³/mol. The molecule has 0 bridgehead atoms. The number of tetrazole rings is 1. The second-order valence-corrected chi connectivity index (χ2v) is 8.20. The Labute approximate surface area is 175 Å². The first-order valence-electron chi connectivity index (χ1n) is 9.31. The number of para-hydroxylation sites is 1. The number of nitrogens with one attached hydrogen (secondary N) is 1. The van der Waals surface area contributed by atoms with E-state index >= 15 is 0 Å². The number of benzene rings is 2. The summed E-state index contributed by atoms with van der Waals surface area (Å²) in [4.78, 5) is 2.43.